The highest BCUT2D eigenvalue weighted by molar-refractivity contribution is 7.99. The number of hydrogen-bond acceptors (Lipinski definition) is 4. The van der Waals surface area contributed by atoms with Gasteiger partial charge in [0.15, 0.2) is 0 Å². The molecule has 2 heterocycles. The summed E-state index contributed by atoms with van der Waals surface area (Å²) in [6.45, 7) is 8.83. The van der Waals surface area contributed by atoms with Crippen molar-refractivity contribution in [2.24, 2.45) is 5.92 Å². The van der Waals surface area contributed by atoms with Crippen LogP contribution in [-0.2, 0) is 4.79 Å². The number of rotatable bonds is 5. The standard InChI is InChI=1S/C15H29N3OS/c1-12-4-3-6-18(9-12)10-13(2)17-15(19)8-14-11-20-7-5-16-14/h12-14,16H,3-11H2,1-2H3,(H,17,19). The van der Waals surface area contributed by atoms with Gasteiger partial charge in [0, 0.05) is 49.6 Å². The summed E-state index contributed by atoms with van der Waals surface area (Å²) in [6.07, 6.45) is 3.26. The number of carbonyl (C=O) groups excluding carboxylic acids is 1. The number of hydrogen-bond donors (Lipinski definition) is 2. The first-order chi connectivity index (χ1) is 9.63. The van der Waals surface area contributed by atoms with E-state index in [0.717, 1.165) is 24.8 Å². The maximum Gasteiger partial charge on any atom is 0.221 e. The molecular formula is C15H29N3OS. The lowest BCUT2D eigenvalue weighted by Crippen LogP contribution is -2.47. The lowest BCUT2D eigenvalue weighted by atomic mass is 10.00. The molecule has 0 saturated carbocycles. The molecule has 3 unspecified atom stereocenters. The van der Waals surface area contributed by atoms with E-state index in [-0.39, 0.29) is 11.9 Å². The zero-order valence-corrected chi connectivity index (χ0v) is 13.7. The molecule has 0 aliphatic carbocycles. The number of thioether (sulfide) groups is 1. The highest BCUT2D eigenvalue weighted by Crippen LogP contribution is 2.15. The fourth-order valence-electron chi connectivity index (χ4n) is 3.19. The summed E-state index contributed by atoms with van der Waals surface area (Å²) in [7, 11) is 0. The molecule has 0 bridgehead atoms. The first-order valence-electron chi connectivity index (χ1n) is 7.96. The van der Waals surface area contributed by atoms with Gasteiger partial charge in [-0.05, 0) is 32.2 Å². The Hall–Kier alpha value is -0.260. The van der Waals surface area contributed by atoms with Gasteiger partial charge in [-0.3, -0.25) is 4.79 Å². The van der Waals surface area contributed by atoms with Gasteiger partial charge < -0.3 is 15.5 Å². The van der Waals surface area contributed by atoms with E-state index in [2.05, 4.69) is 29.4 Å². The second-order valence-electron chi connectivity index (χ2n) is 6.41. The van der Waals surface area contributed by atoms with Crippen LogP contribution < -0.4 is 10.6 Å². The lowest BCUT2D eigenvalue weighted by molar-refractivity contribution is -0.122. The van der Waals surface area contributed by atoms with E-state index in [4.69, 9.17) is 0 Å². The van der Waals surface area contributed by atoms with Crippen molar-refractivity contribution in [1.82, 2.24) is 15.5 Å². The summed E-state index contributed by atoms with van der Waals surface area (Å²) in [5.41, 5.74) is 0. The second kappa shape index (κ2) is 8.25. The molecule has 3 atom stereocenters. The zero-order chi connectivity index (χ0) is 14.4. The van der Waals surface area contributed by atoms with Crippen molar-refractivity contribution in [1.29, 1.82) is 0 Å². The van der Waals surface area contributed by atoms with E-state index in [0.29, 0.717) is 12.5 Å². The first kappa shape index (κ1) is 16.1. The third-order valence-electron chi connectivity index (χ3n) is 4.11. The zero-order valence-electron chi connectivity index (χ0n) is 12.9. The Bertz CT molecular complexity index is 307. The van der Waals surface area contributed by atoms with Gasteiger partial charge in [0.2, 0.25) is 5.91 Å². The topological polar surface area (TPSA) is 44.4 Å². The number of amides is 1. The van der Waals surface area contributed by atoms with Crippen LogP contribution in [0.25, 0.3) is 0 Å². The molecule has 5 heteroatoms. The Morgan fingerprint density at radius 1 is 1.55 bits per heavy atom. The van der Waals surface area contributed by atoms with Crippen LogP contribution in [0.1, 0.15) is 33.1 Å². The quantitative estimate of drug-likeness (QED) is 0.804. The van der Waals surface area contributed by atoms with Crippen molar-refractivity contribution in [3.05, 3.63) is 0 Å². The van der Waals surface area contributed by atoms with Crippen LogP contribution >= 0.6 is 11.8 Å². The average Bonchev–Trinajstić information content (AvgIpc) is 2.39. The molecule has 0 spiro atoms. The molecule has 0 aromatic heterocycles. The molecule has 2 fully saturated rings. The summed E-state index contributed by atoms with van der Waals surface area (Å²) in [4.78, 5) is 14.5. The summed E-state index contributed by atoms with van der Waals surface area (Å²) in [5, 5.41) is 6.58. The van der Waals surface area contributed by atoms with Gasteiger partial charge in [0.1, 0.15) is 0 Å². The Morgan fingerprint density at radius 3 is 3.10 bits per heavy atom. The summed E-state index contributed by atoms with van der Waals surface area (Å²) < 4.78 is 0. The number of likely N-dealkylation sites (tertiary alicyclic amines) is 1. The molecule has 2 saturated heterocycles. The van der Waals surface area contributed by atoms with Crippen LogP contribution in [0.3, 0.4) is 0 Å². The average molecular weight is 299 g/mol. The molecule has 2 N–H and O–H groups in total. The minimum absolute atomic E-state index is 0.197. The smallest absolute Gasteiger partial charge is 0.221 e. The molecule has 2 aliphatic rings. The molecule has 2 aliphatic heterocycles. The van der Waals surface area contributed by atoms with Gasteiger partial charge in [-0.15, -0.1) is 0 Å². The molecule has 116 valence electrons. The van der Waals surface area contributed by atoms with Crippen molar-refractivity contribution >= 4 is 17.7 Å². The third kappa shape index (κ3) is 5.62. The van der Waals surface area contributed by atoms with E-state index in [9.17, 15) is 4.79 Å². The minimum Gasteiger partial charge on any atom is -0.352 e. The monoisotopic (exact) mass is 299 g/mol. The summed E-state index contributed by atoms with van der Waals surface area (Å²) >= 11 is 1.94. The Kier molecular flexibility index (Phi) is 6.65. The fraction of sp³-hybridized carbons (Fsp3) is 0.933. The Morgan fingerprint density at radius 2 is 2.40 bits per heavy atom. The molecule has 0 aromatic carbocycles. The number of nitrogens with zero attached hydrogens (tertiary/aromatic N) is 1. The lowest BCUT2D eigenvalue weighted by Gasteiger charge is -2.33. The minimum atomic E-state index is 0.197. The largest absolute Gasteiger partial charge is 0.352 e. The van der Waals surface area contributed by atoms with Gasteiger partial charge in [0.05, 0.1) is 0 Å². The van der Waals surface area contributed by atoms with E-state index in [1.807, 2.05) is 11.8 Å². The summed E-state index contributed by atoms with van der Waals surface area (Å²) in [5.74, 6) is 3.23. The van der Waals surface area contributed by atoms with Crippen molar-refractivity contribution in [3.63, 3.8) is 0 Å². The third-order valence-corrected chi connectivity index (χ3v) is 5.24. The van der Waals surface area contributed by atoms with Crippen molar-refractivity contribution in [2.75, 3.05) is 37.7 Å². The number of nitrogens with one attached hydrogen (secondary N) is 2. The molecule has 0 radical (unpaired) electrons. The van der Waals surface area contributed by atoms with Gasteiger partial charge in [-0.2, -0.15) is 11.8 Å². The highest BCUT2D eigenvalue weighted by Gasteiger charge is 2.20. The number of carbonyl (C=O) groups is 1. The van der Waals surface area contributed by atoms with E-state index in [1.54, 1.807) is 0 Å². The van der Waals surface area contributed by atoms with Gasteiger partial charge >= 0.3 is 0 Å². The predicted molar refractivity (Wildman–Crippen MR) is 86.2 cm³/mol. The van der Waals surface area contributed by atoms with E-state index >= 15 is 0 Å². The Balaban J connectivity index is 1.65. The van der Waals surface area contributed by atoms with Crippen LogP contribution in [-0.4, -0.2) is 60.6 Å². The normalized spacial score (nSPS) is 29.9. The number of piperidine rings is 1. The Labute approximate surface area is 127 Å². The van der Waals surface area contributed by atoms with Crippen LogP contribution in [0, 0.1) is 5.92 Å². The molecule has 4 nitrogen and oxygen atoms in total. The SMILES string of the molecule is CC1CCCN(CC(C)NC(=O)CC2CSCCN2)C1. The van der Waals surface area contributed by atoms with Crippen LogP contribution in [0.2, 0.25) is 0 Å². The van der Waals surface area contributed by atoms with Crippen molar-refractivity contribution < 1.29 is 4.79 Å². The van der Waals surface area contributed by atoms with Crippen molar-refractivity contribution in [3.8, 4) is 0 Å². The fourth-order valence-corrected chi connectivity index (χ4v) is 4.14. The van der Waals surface area contributed by atoms with E-state index < -0.39 is 0 Å². The summed E-state index contributed by atoms with van der Waals surface area (Å²) in [6, 6.07) is 0.611. The van der Waals surface area contributed by atoms with Gasteiger partial charge in [-0.1, -0.05) is 6.92 Å². The van der Waals surface area contributed by atoms with Gasteiger partial charge in [0.25, 0.3) is 0 Å². The van der Waals surface area contributed by atoms with Crippen LogP contribution in [0.4, 0.5) is 0 Å². The van der Waals surface area contributed by atoms with E-state index in [1.165, 1.54) is 31.7 Å². The second-order valence-corrected chi connectivity index (χ2v) is 7.56. The molecular weight excluding hydrogens is 270 g/mol. The molecule has 1 amide bonds. The predicted octanol–water partition coefficient (Wildman–Crippen LogP) is 1.32. The first-order valence-corrected chi connectivity index (χ1v) is 9.12. The van der Waals surface area contributed by atoms with Crippen LogP contribution in [0.5, 0.6) is 0 Å². The van der Waals surface area contributed by atoms with Crippen molar-refractivity contribution in [2.45, 2.75) is 45.2 Å². The molecule has 0 aromatic rings. The highest BCUT2D eigenvalue weighted by atomic mass is 32.2. The maximum absolute atomic E-state index is 12.0. The van der Waals surface area contributed by atoms with Crippen LogP contribution in [0.15, 0.2) is 0 Å². The molecule has 2 rings (SSSR count). The maximum atomic E-state index is 12.0. The molecule has 20 heavy (non-hydrogen) atoms. The van der Waals surface area contributed by atoms with Gasteiger partial charge in [-0.25, -0.2) is 0 Å².